The minimum Gasteiger partial charge on any atom is -0.493 e. The third kappa shape index (κ3) is 5.02. The van der Waals surface area contributed by atoms with Crippen LogP contribution >= 0.6 is 0 Å². The molecule has 1 amide bonds. The summed E-state index contributed by atoms with van der Waals surface area (Å²) in [6.45, 7) is 1.28. The molecule has 10 heteroatoms. The topological polar surface area (TPSA) is 118 Å². The largest absolute Gasteiger partial charge is 0.493 e. The fourth-order valence-electron chi connectivity index (χ4n) is 4.63. The van der Waals surface area contributed by atoms with Crippen molar-refractivity contribution in [2.24, 2.45) is 5.92 Å². The predicted octanol–water partition coefficient (Wildman–Crippen LogP) is 3.82. The number of rotatable bonds is 9. The van der Waals surface area contributed by atoms with E-state index in [2.05, 4.69) is 26.5 Å². The highest BCUT2D eigenvalue weighted by molar-refractivity contribution is 5.95. The maximum atomic E-state index is 13.0. The first-order chi connectivity index (χ1) is 17.6. The van der Waals surface area contributed by atoms with Crippen LogP contribution in [0.5, 0.6) is 5.75 Å². The van der Waals surface area contributed by atoms with E-state index in [4.69, 9.17) is 9.47 Å². The van der Waals surface area contributed by atoms with Crippen LogP contribution in [0, 0.1) is 17.2 Å². The SMILES string of the molecule is COc1cnc(Nc2cccc(C(=O)N3CC[C@H](OC)C3)c2)nc1-c1cnn(C(CC#N)C2CC2)c1. The van der Waals surface area contributed by atoms with Gasteiger partial charge in [-0.15, -0.1) is 0 Å². The molecule has 1 N–H and O–H groups in total. The minimum absolute atomic E-state index is 0.0236. The lowest BCUT2D eigenvalue weighted by Crippen LogP contribution is -2.29. The molecule has 2 aromatic heterocycles. The number of nitrogens with zero attached hydrogens (tertiary/aromatic N) is 6. The smallest absolute Gasteiger partial charge is 0.254 e. The van der Waals surface area contributed by atoms with Crippen molar-refractivity contribution in [3.8, 4) is 23.1 Å². The number of anilines is 2. The number of likely N-dealkylation sites (tertiary alicyclic amines) is 1. The standard InChI is InChI=1S/C26H29N7O3/c1-35-21-9-11-32(16-21)25(34)18-4-3-5-20(12-18)30-26-28-14-23(36-2)24(31-26)19-13-29-33(15-19)22(8-10-27)17-6-7-17/h3-5,12-15,17,21-22H,6-9,11,16H2,1-2H3,(H,28,30,31)/t21-,22?/m0/s1. The van der Waals surface area contributed by atoms with Gasteiger partial charge in [0.05, 0.1) is 44.1 Å². The molecule has 186 valence electrons. The van der Waals surface area contributed by atoms with Crippen LogP contribution in [0.1, 0.15) is 42.1 Å². The highest BCUT2D eigenvalue weighted by Crippen LogP contribution is 2.41. The second-order valence-electron chi connectivity index (χ2n) is 9.19. The van der Waals surface area contributed by atoms with E-state index in [9.17, 15) is 10.1 Å². The molecule has 3 aromatic rings. The van der Waals surface area contributed by atoms with Crippen molar-refractivity contribution in [2.75, 3.05) is 32.6 Å². The van der Waals surface area contributed by atoms with Gasteiger partial charge in [0.2, 0.25) is 5.95 Å². The normalized spacial score (nSPS) is 18.0. The zero-order chi connectivity index (χ0) is 25.1. The summed E-state index contributed by atoms with van der Waals surface area (Å²) in [5, 5.41) is 17.0. The molecule has 2 atom stereocenters. The maximum Gasteiger partial charge on any atom is 0.254 e. The zero-order valence-electron chi connectivity index (χ0n) is 20.4. The first-order valence-electron chi connectivity index (χ1n) is 12.1. The van der Waals surface area contributed by atoms with Crippen LogP contribution in [0.2, 0.25) is 0 Å². The molecule has 2 aliphatic rings. The van der Waals surface area contributed by atoms with Gasteiger partial charge in [-0.3, -0.25) is 9.48 Å². The lowest BCUT2D eigenvalue weighted by molar-refractivity contribution is 0.0724. The first-order valence-corrected chi connectivity index (χ1v) is 12.1. The van der Waals surface area contributed by atoms with Gasteiger partial charge in [0.15, 0.2) is 5.75 Å². The van der Waals surface area contributed by atoms with Crippen molar-refractivity contribution in [1.29, 1.82) is 5.26 Å². The highest BCUT2D eigenvalue weighted by atomic mass is 16.5. The predicted molar refractivity (Wildman–Crippen MR) is 133 cm³/mol. The molecule has 1 aliphatic carbocycles. The van der Waals surface area contributed by atoms with Gasteiger partial charge >= 0.3 is 0 Å². The average Bonchev–Trinajstić information content (AvgIpc) is 3.42. The van der Waals surface area contributed by atoms with E-state index >= 15 is 0 Å². The monoisotopic (exact) mass is 487 g/mol. The van der Waals surface area contributed by atoms with Crippen LogP contribution in [0.4, 0.5) is 11.6 Å². The number of methoxy groups -OCH3 is 2. The molecule has 1 aromatic carbocycles. The summed E-state index contributed by atoms with van der Waals surface area (Å²) in [5.41, 5.74) is 2.68. The summed E-state index contributed by atoms with van der Waals surface area (Å²) in [6, 6.07) is 9.66. The minimum atomic E-state index is -0.0236. The number of nitriles is 1. The number of hydrogen-bond donors (Lipinski definition) is 1. The summed E-state index contributed by atoms with van der Waals surface area (Å²) < 4.78 is 12.8. The Balaban J connectivity index is 1.36. The van der Waals surface area contributed by atoms with Crippen LogP contribution in [0.15, 0.2) is 42.9 Å². The summed E-state index contributed by atoms with van der Waals surface area (Å²) in [5.74, 6) is 1.37. The average molecular weight is 488 g/mol. The van der Waals surface area contributed by atoms with Crippen LogP contribution in [0.3, 0.4) is 0 Å². The van der Waals surface area contributed by atoms with Gasteiger partial charge in [0, 0.05) is 43.2 Å². The van der Waals surface area contributed by atoms with Crippen molar-refractivity contribution < 1.29 is 14.3 Å². The Morgan fingerprint density at radius 1 is 1.28 bits per heavy atom. The summed E-state index contributed by atoms with van der Waals surface area (Å²) in [4.78, 5) is 23.8. The number of carbonyl (C=O) groups excluding carboxylic acids is 1. The number of nitrogens with one attached hydrogen (secondary N) is 1. The number of aromatic nitrogens is 4. The van der Waals surface area contributed by atoms with Gasteiger partial charge in [-0.1, -0.05) is 6.07 Å². The number of amides is 1. The zero-order valence-corrected chi connectivity index (χ0v) is 20.4. The van der Waals surface area contributed by atoms with E-state index in [0.29, 0.717) is 54.1 Å². The van der Waals surface area contributed by atoms with E-state index in [-0.39, 0.29) is 18.1 Å². The lowest BCUT2D eigenvalue weighted by Gasteiger charge is -2.17. The van der Waals surface area contributed by atoms with Crippen LogP contribution in [-0.2, 0) is 4.74 Å². The van der Waals surface area contributed by atoms with Crippen molar-refractivity contribution >= 4 is 17.5 Å². The molecule has 0 radical (unpaired) electrons. The number of benzene rings is 1. The molecular weight excluding hydrogens is 458 g/mol. The van der Waals surface area contributed by atoms with E-state index in [0.717, 1.165) is 24.8 Å². The van der Waals surface area contributed by atoms with E-state index in [1.54, 1.807) is 38.7 Å². The second kappa shape index (κ2) is 10.3. The number of carbonyl (C=O) groups is 1. The fourth-order valence-corrected chi connectivity index (χ4v) is 4.63. The molecule has 1 saturated heterocycles. The number of hydrogen-bond acceptors (Lipinski definition) is 8. The Morgan fingerprint density at radius 2 is 2.14 bits per heavy atom. The van der Waals surface area contributed by atoms with E-state index in [1.807, 2.05) is 27.9 Å². The van der Waals surface area contributed by atoms with Gasteiger partial charge in [-0.2, -0.15) is 10.4 Å². The summed E-state index contributed by atoms with van der Waals surface area (Å²) >= 11 is 0. The lowest BCUT2D eigenvalue weighted by atomic mass is 10.1. The molecule has 2 fully saturated rings. The molecular formula is C26H29N7O3. The van der Waals surface area contributed by atoms with E-state index in [1.165, 1.54) is 0 Å². The van der Waals surface area contributed by atoms with E-state index < -0.39 is 0 Å². The fraction of sp³-hybridized carbons (Fsp3) is 0.423. The van der Waals surface area contributed by atoms with Crippen LogP contribution in [-0.4, -0.2) is 64.0 Å². The van der Waals surface area contributed by atoms with Crippen molar-refractivity contribution in [3.63, 3.8) is 0 Å². The highest BCUT2D eigenvalue weighted by Gasteiger charge is 2.33. The Labute approximate surface area is 209 Å². The van der Waals surface area contributed by atoms with Crippen molar-refractivity contribution in [3.05, 3.63) is 48.4 Å². The molecule has 1 unspecified atom stereocenters. The Bertz CT molecular complexity index is 1280. The molecule has 1 aliphatic heterocycles. The Kier molecular flexibility index (Phi) is 6.82. The van der Waals surface area contributed by atoms with Gasteiger partial charge in [0.25, 0.3) is 5.91 Å². The molecule has 10 nitrogen and oxygen atoms in total. The third-order valence-corrected chi connectivity index (χ3v) is 6.79. The van der Waals surface area contributed by atoms with Crippen LogP contribution in [0.25, 0.3) is 11.3 Å². The molecule has 0 bridgehead atoms. The summed E-state index contributed by atoms with van der Waals surface area (Å²) in [7, 11) is 3.25. The molecule has 5 rings (SSSR count). The van der Waals surface area contributed by atoms with Gasteiger partial charge in [0.1, 0.15) is 5.69 Å². The first kappa shape index (κ1) is 23.8. The number of ether oxygens (including phenoxy) is 2. The van der Waals surface area contributed by atoms with Crippen LogP contribution < -0.4 is 10.1 Å². The van der Waals surface area contributed by atoms with Gasteiger partial charge < -0.3 is 19.7 Å². The van der Waals surface area contributed by atoms with Gasteiger partial charge in [-0.25, -0.2) is 9.97 Å². The quantitative estimate of drug-likeness (QED) is 0.484. The van der Waals surface area contributed by atoms with Crippen molar-refractivity contribution in [1.82, 2.24) is 24.6 Å². The van der Waals surface area contributed by atoms with Gasteiger partial charge in [-0.05, 0) is 43.4 Å². The summed E-state index contributed by atoms with van der Waals surface area (Å²) in [6.07, 6.45) is 8.87. The molecule has 0 spiro atoms. The third-order valence-electron chi connectivity index (χ3n) is 6.79. The Hall–Kier alpha value is -3.97. The molecule has 1 saturated carbocycles. The molecule has 36 heavy (non-hydrogen) atoms. The Morgan fingerprint density at radius 3 is 2.86 bits per heavy atom. The second-order valence-corrected chi connectivity index (χ2v) is 9.19. The van der Waals surface area contributed by atoms with Crippen molar-refractivity contribution in [2.45, 2.75) is 37.8 Å². The maximum absolute atomic E-state index is 13.0. The molecule has 3 heterocycles.